The molecule has 0 atom stereocenters. The van der Waals surface area contributed by atoms with Crippen LogP contribution < -0.4 is 4.74 Å². The Labute approximate surface area is 172 Å². The molecule has 1 heterocycles. The predicted molar refractivity (Wildman–Crippen MR) is 109 cm³/mol. The first-order valence-corrected chi connectivity index (χ1v) is 9.30. The second-order valence-electron chi connectivity index (χ2n) is 6.35. The summed E-state index contributed by atoms with van der Waals surface area (Å²) in [7, 11) is 1.64. The van der Waals surface area contributed by atoms with Crippen molar-refractivity contribution in [3.8, 4) is 5.88 Å². The number of nitrogens with zero attached hydrogens (tertiary/aromatic N) is 2. The quantitative estimate of drug-likeness (QED) is 0.539. The van der Waals surface area contributed by atoms with Gasteiger partial charge in [-0.05, 0) is 25.5 Å². The largest absolute Gasteiger partial charge is 0.469 e. The number of ketones is 2. The summed E-state index contributed by atoms with van der Waals surface area (Å²) in [4.78, 5) is 25.6. The number of carbonyl (C=O) groups is 2. The molecule has 1 aromatic heterocycles. The van der Waals surface area contributed by atoms with Crippen molar-refractivity contribution in [2.75, 3.05) is 6.61 Å². The number of aryl methyl sites for hydroxylation is 3. The average molecular weight is 417 g/mol. The Hall–Kier alpha value is -2.63. The monoisotopic (exact) mass is 416 g/mol. The number of carbonyl (C=O) groups excluding carboxylic acids is 2. The lowest BCUT2D eigenvalue weighted by Crippen LogP contribution is -2.15. The van der Waals surface area contributed by atoms with Crippen molar-refractivity contribution >= 4 is 34.8 Å². The van der Waals surface area contributed by atoms with E-state index in [9.17, 15) is 9.59 Å². The van der Waals surface area contributed by atoms with Crippen LogP contribution in [-0.2, 0) is 7.05 Å². The van der Waals surface area contributed by atoms with Crippen LogP contribution in [0.4, 0.5) is 0 Å². The molecule has 28 heavy (non-hydrogen) atoms. The van der Waals surface area contributed by atoms with Crippen LogP contribution in [0.25, 0.3) is 0 Å². The molecule has 0 aliphatic rings. The molecule has 0 saturated carbocycles. The van der Waals surface area contributed by atoms with E-state index in [1.165, 1.54) is 4.68 Å². The maximum Gasteiger partial charge on any atom is 0.223 e. The van der Waals surface area contributed by atoms with E-state index in [1.807, 2.05) is 6.07 Å². The van der Waals surface area contributed by atoms with Crippen LogP contribution in [0.2, 0.25) is 10.0 Å². The minimum absolute atomic E-state index is 0.193. The predicted octanol–water partition coefficient (Wildman–Crippen LogP) is 4.84. The second kappa shape index (κ2) is 8.17. The lowest BCUT2D eigenvalue weighted by atomic mass is 10.0. The van der Waals surface area contributed by atoms with Gasteiger partial charge in [0.2, 0.25) is 11.7 Å². The number of benzene rings is 2. The maximum atomic E-state index is 13.2. The Bertz CT molecular complexity index is 1060. The molecule has 5 nitrogen and oxygen atoms in total. The van der Waals surface area contributed by atoms with E-state index in [1.54, 1.807) is 57.3 Å². The minimum atomic E-state index is -0.397. The maximum absolute atomic E-state index is 13.2. The van der Waals surface area contributed by atoms with Crippen molar-refractivity contribution in [2.24, 2.45) is 7.05 Å². The molecule has 0 spiro atoms. The zero-order valence-electron chi connectivity index (χ0n) is 15.6. The zero-order chi connectivity index (χ0) is 20.4. The van der Waals surface area contributed by atoms with E-state index in [4.69, 9.17) is 27.9 Å². The fraction of sp³-hybridized carbons (Fsp3) is 0.190. The van der Waals surface area contributed by atoms with Crippen LogP contribution in [0.3, 0.4) is 0 Å². The van der Waals surface area contributed by atoms with Crippen molar-refractivity contribution in [1.82, 2.24) is 9.78 Å². The van der Waals surface area contributed by atoms with Gasteiger partial charge in [0.05, 0.1) is 21.3 Å². The van der Waals surface area contributed by atoms with E-state index >= 15 is 0 Å². The van der Waals surface area contributed by atoms with E-state index in [-0.39, 0.29) is 39.4 Å². The molecule has 0 radical (unpaired) electrons. The van der Waals surface area contributed by atoms with Crippen molar-refractivity contribution in [1.29, 1.82) is 0 Å². The smallest absolute Gasteiger partial charge is 0.223 e. The number of Topliss-reactive ketones (excluding diaryl/α,β-unsaturated/α-hetero) is 1. The van der Waals surface area contributed by atoms with Gasteiger partial charge in [0.25, 0.3) is 0 Å². The van der Waals surface area contributed by atoms with Gasteiger partial charge >= 0.3 is 0 Å². The highest BCUT2D eigenvalue weighted by Crippen LogP contribution is 2.33. The van der Waals surface area contributed by atoms with Gasteiger partial charge in [-0.1, -0.05) is 59.6 Å². The number of aromatic nitrogens is 2. The summed E-state index contributed by atoms with van der Waals surface area (Å²) < 4.78 is 7.13. The van der Waals surface area contributed by atoms with Gasteiger partial charge in [-0.2, -0.15) is 5.10 Å². The molecule has 0 bridgehead atoms. The minimum Gasteiger partial charge on any atom is -0.469 e. The highest BCUT2D eigenvalue weighted by molar-refractivity contribution is 6.41. The molecule has 0 aliphatic carbocycles. The molecule has 3 rings (SSSR count). The van der Waals surface area contributed by atoms with Gasteiger partial charge in [-0.15, -0.1) is 0 Å². The van der Waals surface area contributed by atoms with Crippen LogP contribution in [0.15, 0.2) is 42.5 Å². The summed E-state index contributed by atoms with van der Waals surface area (Å²) in [6.45, 7) is 3.26. The summed E-state index contributed by atoms with van der Waals surface area (Å²) in [5, 5.41) is 4.79. The number of rotatable bonds is 6. The Morgan fingerprint density at radius 3 is 2.39 bits per heavy atom. The first kappa shape index (κ1) is 20.1. The highest BCUT2D eigenvalue weighted by atomic mass is 35.5. The van der Waals surface area contributed by atoms with Gasteiger partial charge in [0, 0.05) is 12.6 Å². The molecule has 0 N–H and O–H groups in total. The van der Waals surface area contributed by atoms with E-state index in [2.05, 4.69) is 5.10 Å². The van der Waals surface area contributed by atoms with Gasteiger partial charge in [-0.25, -0.2) is 4.68 Å². The summed E-state index contributed by atoms with van der Waals surface area (Å²) in [5.41, 5.74) is 2.15. The lowest BCUT2D eigenvalue weighted by Gasteiger charge is -2.11. The van der Waals surface area contributed by atoms with Crippen LogP contribution in [0.1, 0.15) is 37.5 Å². The summed E-state index contributed by atoms with van der Waals surface area (Å²) in [5.74, 6) is -0.406. The number of hydrogen-bond donors (Lipinski definition) is 0. The first-order valence-electron chi connectivity index (χ1n) is 8.55. The van der Waals surface area contributed by atoms with Crippen LogP contribution >= 0.6 is 23.2 Å². The number of hydrogen-bond acceptors (Lipinski definition) is 4. The molecular weight excluding hydrogens is 399 g/mol. The molecule has 0 amide bonds. The Morgan fingerprint density at radius 1 is 1.04 bits per heavy atom. The van der Waals surface area contributed by atoms with Crippen LogP contribution in [-0.4, -0.2) is 28.0 Å². The van der Waals surface area contributed by atoms with E-state index in [0.29, 0.717) is 11.3 Å². The lowest BCUT2D eigenvalue weighted by molar-refractivity contribution is 0.0908. The summed E-state index contributed by atoms with van der Waals surface area (Å²) >= 11 is 12.6. The van der Waals surface area contributed by atoms with E-state index < -0.39 is 5.78 Å². The van der Waals surface area contributed by atoms with Crippen LogP contribution in [0, 0.1) is 13.8 Å². The van der Waals surface area contributed by atoms with Crippen molar-refractivity contribution < 1.29 is 14.3 Å². The molecule has 0 unspecified atom stereocenters. The number of ether oxygens (including phenoxy) is 1. The van der Waals surface area contributed by atoms with Gasteiger partial charge in [-0.3, -0.25) is 9.59 Å². The topological polar surface area (TPSA) is 61.2 Å². The third kappa shape index (κ3) is 3.81. The second-order valence-corrected chi connectivity index (χ2v) is 7.13. The fourth-order valence-corrected chi connectivity index (χ4v) is 3.44. The average Bonchev–Trinajstić information content (AvgIpc) is 2.96. The molecule has 2 aromatic carbocycles. The zero-order valence-corrected chi connectivity index (χ0v) is 17.1. The molecular formula is C21H18Cl2N2O3. The molecule has 0 aliphatic heterocycles. The summed E-state index contributed by atoms with van der Waals surface area (Å²) in [6, 6.07) is 12.2. The van der Waals surface area contributed by atoms with Gasteiger partial charge < -0.3 is 4.74 Å². The molecule has 7 heteroatoms. The molecule has 0 fully saturated rings. The van der Waals surface area contributed by atoms with E-state index in [0.717, 1.165) is 5.56 Å². The third-order valence-corrected chi connectivity index (χ3v) is 5.15. The van der Waals surface area contributed by atoms with Crippen molar-refractivity contribution in [3.05, 3.63) is 80.5 Å². The van der Waals surface area contributed by atoms with Crippen molar-refractivity contribution in [3.63, 3.8) is 0 Å². The number of halogens is 2. The van der Waals surface area contributed by atoms with Gasteiger partial charge in [0.15, 0.2) is 12.4 Å². The fourth-order valence-electron chi connectivity index (χ4n) is 2.90. The SMILES string of the molecule is Cc1ccc(Cl)c(C(=O)c2c(C)nn(C)c2OCC(=O)c2ccccc2)c1Cl. The highest BCUT2D eigenvalue weighted by Gasteiger charge is 2.27. The Kier molecular flexibility index (Phi) is 5.87. The Morgan fingerprint density at radius 2 is 1.71 bits per heavy atom. The molecule has 3 aromatic rings. The Balaban J connectivity index is 1.95. The van der Waals surface area contributed by atoms with Gasteiger partial charge in [0.1, 0.15) is 5.56 Å². The van der Waals surface area contributed by atoms with Crippen LogP contribution in [0.5, 0.6) is 5.88 Å². The third-order valence-electron chi connectivity index (χ3n) is 4.34. The molecule has 0 saturated heterocycles. The normalized spacial score (nSPS) is 10.8. The summed E-state index contributed by atoms with van der Waals surface area (Å²) in [6.07, 6.45) is 0. The molecule has 144 valence electrons. The first-order chi connectivity index (χ1) is 13.3. The standard InChI is InChI=1S/C21H18Cl2N2O3/c1-12-9-10-15(22)18(19(12)23)20(27)17-13(2)24-25(3)21(17)28-11-16(26)14-7-5-4-6-8-14/h4-10H,11H2,1-3H3. The van der Waals surface area contributed by atoms with Crippen molar-refractivity contribution in [2.45, 2.75) is 13.8 Å².